The van der Waals surface area contributed by atoms with Crippen LogP contribution < -0.4 is 25.6 Å². The minimum absolute atomic E-state index is 0.0776. The molecular weight excluding hydrogens is 620 g/mol. The SMILES string of the molecule is CC1(C)C=C(CSOOO)c2cc3c(cc2N1)Oc1cc2c(cc1=C3c1ccccc1C(=O)O)C(CS(=O)(=O)O)=CC(C)(C)[NH+]=2. The first-order valence-corrected chi connectivity index (χ1v) is 16.5. The summed E-state index contributed by atoms with van der Waals surface area (Å²) in [6.45, 7) is 7.79. The number of rotatable bonds is 8. The number of ether oxygens (including phenoxy) is 1. The predicted molar refractivity (Wildman–Crippen MR) is 169 cm³/mol. The first-order valence-electron chi connectivity index (χ1n) is 13.9. The van der Waals surface area contributed by atoms with Crippen LogP contribution in [0, 0.1) is 0 Å². The second kappa shape index (κ2) is 11.1. The van der Waals surface area contributed by atoms with Gasteiger partial charge in [-0.2, -0.15) is 8.42 Å². The summed E-state index contributed by atoms with van der Waals surface area (Å²) >= 11 is 0.907. The summed E-state index contributed by atoms with van der Waals surface area (Å²) in [5.74, 6) is -0.437. The molecule has 0 saturated heterocycles. The van der Waals surface area contributed by atoms with Gasteiger partial charge in [-0.15, -0.1) is 4.33 Å². The Morgan fingerprint density at radius 1 is 0.978 bits per heavy atom. The number of hydrogen-bond acceptors (Lipinski definition) is 9. The Labute approximate surface area is 263 Å². The molecule has 0 spiro atoms. The van der Waals surface area contributed by atoms with Gasteiger partial charge in [0.15, 0.2) is 5.54 Å². The van der Waals surface area contributed by atoms with Crippen molar-refractivity contribution >= 4 is 50.5 Å². The van der Waals surface area contributed by atoms with Crippen LogP contribution in [-0.2, 0) is 19.5 Å². The molecule has 3 heterocycles. The summed E-state index contributed by atoms with van der Waals surface area (Å²) in [4.78, 5) is 15.9. The fourth-order valence-corrected chi connectivity index (χ4v) is 7.32. The van der Waals surface area contributed by atoms with E-state index in [0.29, 0.717) is 55.7 Å². The summed E-state index contributed by atoms with van der Waals surface area (Å²) in [7, 11) is -4.37. The Kier molecular flexibility index (Phi) is 7.67. The molecule has 0 aromatic heterocycles. The Hall–Kier alpha value is -3.98. The normalized spacial score (nSPS) is 17.2. The van der Waals surface area contributed by atoms with E-state index in [2.05, 4.69) is 19.7 Å². The van der Waals surface area contributed by atoms with Crippen molar-refractivity contribution in [3.8, 4) is 11.5 Å². The molecule has 13 heteroatoms. The number of benzene rings is 3. The third-order valence-electron chi connectivity index (χ3n) is 7.73. The van der Waals surface area contributed by atoms with Crippen molar-refractivity contribution in [2.75, 3.05) is 16.8 Å². The van der Waals surface area contributed by atoms with Gasteiger partial charge in [-0.05, 0) is 54.8 Å². The first-order chi connectivity index (χ1) is 21.1. The lowest BCUT2D eigenvalue weighted by Crippen LogP contribution is -2.89. The summed E-state index contributed by atoms with van der Waals surface area (Å²) in [6, 6.07) is 14.0. The van der Waals surface area contributed by atoms with E-state index in [1.165, 1.54) is 6.07 Å². The van der Waals surface area contributed by atoms with E-state index in [-0.39, 0.29) is 5.56 Å². The summed E-state index contributed by atoms with van der Waals surface area (Å²) in [5, 5.41) is 27.3. The fraction of sp³-hybridized carbons (Fsp3) is 0.250. The molecule has 0 bridgehead atoms. The molecule has 0 unspecified atom stereocenters. The van der Waals surface area contributed by atoms with Crippen LogP contribution in [0.1, 0.15) is 60.3 Å². The highest BCUT2D eigenvalue weighted by atomic mass is 32.2. The van der Waals surface area contributed by atoms with Crippen molar-refractivity contribution in [3.63, 3.8) is 0 Å². The van der Waals surface area contributed by atoms with Crippen LogP contribution in [0.25, 0.3) is 16.7 Å². The molecule has 3 aliphatic heterocycles. The number of carbonyl (C=O) groups is 1. The molecule has 0 saturated carbocycles. The van der Waals surface area contributed by atoms with Crippen LogP contribution in [0.2, 0.25) is 0 Å². The minimum Gasteiger partial charge on any atom is -0.478 e. The van der Waals surface area contributed by atoms with Gasteiger partial charge >= 0.3 is 5.97 Å². The molecule has 0 radical (unpaired) electrons. The molecule has 0 atom stereocenters. The van der Waals surface area contributed by atoms with Crippen LogP contribution in [0.15, 0.2) is 60.7 Å². The van der Waals surface area contributed by atoms with Crippen molar-refractivity contribution in [1.82, 2.24) is 0 Å². The quantitative estimate of drug-likeness (QED) is 0.0625. The van der Waals surface area contributed by atoms with Crippen molar-refractivity contribution in [3.05, 3.63) is 99.1 Å². The number of carboxylic acids is 1. The molecular formula is C32H31N2O9S2+. The van der Waals surface area contributed by atoms with Gasteiger partial charge in [0.25, 0.3) is 10.1 Å². The summed E-state index contributed by atoms with van der Waals surface area (Å²) < 4.78 is 45.1. The first kappa shape index (κ1) is 31.0. The molecule has 0 amide bonds. The van der Waals surface area contributed by atoms with Crippen molar-refractivity contribution < 1.29 is 47.2 Å². The average molecular weight is 652 g/mol. The number of nitrogens with one attached hydrogen (secondary N) is 2. The number of anilines is 1. The Morgan fingerprint density at radius 3 is 2.44 bits per heavy atom. The molecule has 3 aromatic carbocycles. The van der Waals surface area contributed by atoms with Crippen molar-refractivity contribution in [2.45, 2.75) is 38.8 Å². The van der Waals surface area contributed by atoms with Gasteiger partial charge in [0.05, 0.1) is 22.7 Å². The smallest absolute Gasteiger partial charge is 0.336 e. The van der Waals surface area contributed by atoms with Gasteiger partial charge < -0.3 is 15.2 Å². The van der Waals surface area contributed by atoms with E-state index in [0.717, 1.165) is 28.9 Å². The van der Waals surface area contributed by atoms with Crippen LogP contribution in [0.5, 0.6) is 11.5 Å². The van der Waals surface area contributed by atoms with E-state index < -0.39 is 32.9 Å². The van der Waals surface area contributed by atoms with Gasteiger partial charge in [-0.3, -0.25) is 4.55 Å². The van der Waals surface area contributed by atoms with Gasteiger partial charge in [0.1, 0.15) is 17.3 Å². The van der Waals surface area contributed by atoms with Gasteiger partial charge in [-0.25, -0.2) is 15.0 Å². The van der Waals surface area contributed by atoms with E-state index in [1.54, 1.807) is 36.4 Å². The van der Waals surface area contributed by atoms with Crippen LogP contribution in [0.4, 0.5) is 5.69 Å². The highest BCUT2D eigenvalue weighted by molar-refractivity contribution is 7.95. The van der Waals surface area contributed by atoms with E-state index in [1.807, 2.05) is 45.9 Å². The number of fused-ring (bicyclic) bond motifs is 4. The molecule has 6 rings (SSSR count). The lowest BCUT2D eigenvalue weighted by Gasteiger charge is -2.34. The second-order valence-electron chi connectivity index (χ2n) is 12.3. The standard InChI is InChI=1S/C32H30N2O9S2/c1-31(2)13-17(15-44-43-42-37)21-9-23-27(11-25(21)33-31)41-28-12-26-22(18(16-45(38,39)40)14-32(3,4)34-26)10-24(28)29(23)19-7-5-6-8-20(19)30(35)36/h5-14,33,37H,15-16H2,1-4H3,(H,35,36)(H,38,39,40)/p+1. The maximum absolute atomic E-state index is 12.5. The maximum Gasteiger partial charge on any atom is 0.336 e. The fourth-order valence-electron chi connectivity index (χ4n) is 6.24. The summed E-state index contributed by atoms with van der Waals surface area (Å²) in [6.07, 6.45) is 3.79. The van der Waals surface area contributed by atoms with Gasteiger partial charge in [0, 0.05) is 65.3 Å². The minimum atomic E-state index is -4.37. The van der Waals surface area contributed by atoms with E-state index in [4.69, 9.17) is 9.99 Å². The zero-order valence-corrected chi connectivity index (χ0v) is 26.4. The topological polar surface area (TPSA) is 166 Å². The molecule has 3 aliphatic rings. The second-order valence-corrected chi connectivity index (χ2v) is 14.4. The number of hydrogen-bond donors (Lipinski definition) is 5. The average Bonchev–Trinajstić information content (AvgIpc) is 2.92. The van der Waals surface area contributed by atoms with Crippen molar-refractivity contribution in [1.29, 1.82) is 0 Å². The van der Waals surface area contributed by atoms with Crippen molar-refractivity contribution in [2.24, 2.45) is 0 Å². The predicted octanol–water partition coefficient (Wildman–Crippen LogP) is 3.16. The third kappa shape index (κ3) is 6.15. The number of carboxylic acid groups (broad SMARTS) is 1. The molecule has 234 valence electrons. The lowest BCUT2D eigenvalue weighted by molar-refractivity contribution is -0.568. The van der Waals surface area contributed by atoms with Crippen LogP contribution in [0.3, 0.4) is 0 Å². The molecule has 0 aliphatic carbocycles. The molecule has 45 heavy (non-hydrogen) atoms. The zero-order chi connectivity index (χ0) is 32.3. The van der Waals surface area contributed by atoms with Gasteiger partial charge in [-0.1, -0.05) is 29.3 Å². The molecule has 0 fully saturated rings. The lowest BCUT2D eigenvalue weighted by atomic mass is 9.84. The van der Waals surface area contributed by atoms with Gasteiger partial charge in [0.2, 0.25) is 5.36 Å². The van der Waals surface area contributed by atoms with Crippen LogP contribution in [-0.4, -0.2) is 51.9 Å². The number of aromatic carboxylic acids is 1. The van der Waals surface area contributed by atoms with Crippen LogP contribution >= 0.6 is 12.0 Å². The third-order valence-corrected chi connectivity index (χ3v) is 8.99. The highest BCUT2D eigenvalue weighted by Crippen LogP contribution is 2.45. The molecule has 11 nitrogen and oxygen atoms in total. The Balaban J connectivity index is 1.68. The Morgan fingerprint density at radius 2 is 1.73 bits per heavy atom. The highest BCUT2D eigenvalue weighted by Gasteiger charge is 2.33. The maximum atomic E-state index is 12.5. The molecule has 3 aromatic rings. The largest absolute Gasteiger partial charge is 0.478 e. The zero-order valence-electron chi connectivity index (χ0n) is 24.8. The monoisotopic (exact) mass is 651 g/mol. The van der Waals surface area contributed by atoms with E-state index in [9.17, 15) is 22.9 Å². The summed E-state index contributed by atoms with van der Waals surface area (Å²) in [5.41, 5.74) is 4.09. The van der Waals surface area contributed by atoms with E-state index >= 15 is 0 Å². The molecule has 5 N–H and O–H groups in total. The Bertz CT molecular complexity index is 2070.